The van der Waals surface area contributed by atoms with Gasteiger partial charge in [0.1, 0.15) is 5.76 Å². The third kappa shape index (κ3) is 3.16. The number of morpholine rings is 1. The van der Waals surface area contributed by atoms with Gasteiger partial charge in [-0.15, -0.1) is 0 Å². The van der Waals surface area contributed by atoms with Gasteiger partial charge in [-0.1, -0.05) is 0 Å². The van der Waals surface area contributed by atoms with Crippen LogP contribution < -0.4 is 0 Å². The van der Waals surface area contributed by atoms with Crippen LogP contribution >= 0.6 is 0 Å². The number of furan rings is 1. The Hall–Kier alpha value is -1.33. The van der Waals surface area contributed by atoms with E-state index in [9.17, 15) is 4.79 Å². The molecule has 2 heterocycles. The van der Waals surface area contributed by atoms with Gasteiger partial charge < -0.3 is 13.9 Å². The van der Waals surface area contributed by atoms with Crippen LogP contribution in [0.1, 0.15) is 35.7 Å². The van der Waals surface area contributed by atoms with Gasteiger partial charge in [0.15, 0.2) is 0 Å². The van der Waals surface area contributed by atoms with E-state index in [1.165, 1.54) is 7.11 Å². The molecule has 0 spiro atoms. The Morgan fingerprint density at radius 1 is 1.53 bits per heavy atom. The van der Waals surface area contributed by atoms with Crippen molar-refractivity contribution in [2.45, 2.75) is 39.5 Å². The molecule has 0 aromatic carbocycles. The maximum absolute atomic E-state index is 11.5. The number of esters is 1. The molecule has 5 nitrogen and oxygen atoms in total. The van der Waals surface area contributed by atoms with Crippen molar-refractivity contribution in [3.05, 3.63) is 23.2 Å². The summed E-state index contributed by atoms with van der Waals surface area (Å²) in [4.78, 5) is 13.8. The highest BCUT2D eigenvalue weighted by Gasteiger charge is 2.25. The Balaban J connectivity index is 2.08. The molecule has 1 fully saturated rings. The van der Waals surface area contributed by atoms with Gasteiger partial charge in [-0.25, -0.2) is 4.79 Å². The van der Waals surface area contributed by atoms with Crippen LogP contribution in [0.5, 0.6) is 0 Å². The lowest BCUT2D eigenvalue weighted by atomic mass is 10.2. The Morgan fingerprint density at radius 2 is 2.26 bits per heavy atom. The summed E-state index contributed by atoms with van der Waals surface area (Å²) in [5.74, 6) is 0.664. The summed E-state index contributed by atoms with van der Waals surface area (Å²) < 4.78 is 15.9. The predicted octanol–water partition coefficient (Wildman–Crippen LogP) is 1.98. The van der Waals surface area contributed by atoms with Crippen LogP contribution in [-0.4, -0.2) is 43.3 Å². The highest BCUT2D eigenvalue weighted by Crippen LogP contribution is 2.20. The van der Waals surface area contributed by atoms with Crippen molar-refractivity contribution in [2.24, 2.45) is 0 Å². The Morgan fingerprint density at radius 3 is 2.95 bits per heavy atom. The summed E-state index contributed by atoms with van der Waals surface area (Å²) >= 11 is 0. The van der Waals surface area contributed by atoms with Crippen LogP contribution in [0.15, 0.2) is 10.5 Å². The largest absolute Gasteiger partial charge is 0.463 e. The molecule has 1 aliphatic rings. The van der Waals surface area contributed by atoms with Gasteiger partial charge in [0.2, 0.25) is 5.76 Å². The number of rotatable bonds is 3. The minimum Gasteiger partial charge on any atom is -0.463 e. The van der Waals surface area contributed by atoms with E-state index in [2.05, 4.69) is 18.7 Å². The van der Waals surface area contributed by atoms with Gasteiger partial charge in [0, 0.05) is 18.2 Å². The fourth-order valence-corrected chi connectivity index (χ4v) is 2.31. The van der Waals surface area contributed by atoms with Crippen LogP contribution in [0.25, 0.3) is 0 Å². The second kappa shape index (κ2) is 5.75. The summed E-state index contributed by atoms with van der Waals surface area (Å²) in [5.41, 5.74) is 0.816. The summed E-state index contributed by atoms with van der Waals surface area (Å²) in [5, 5.41) is 0. The number of hydrogen-bond acceptors (Lipinski definition) is 5. The first-order valence-electron chi connectivity index (χ1n) is 6.54. The van der Waals surface area contributed by atoms with E-state index in [1.807, 2.05) is 13.0 Å². The standard InChI is InChI=1S/C14H21NO4/c1-9-5-12(19-13(9)14(16)17-4)7-15-6-11(3)18-8-10(15)2/h5,10-11H,6-8H2,1-4H3. The van der Waals surface area contributed by atoms with E-state index < -0.39 is 5.97 Å². The van der Waals surface area contributed by atoms with Gasteiger partial charge in [-0.3, -0.25) is 4.90 Å². The molecule has 0 amide bonds. The van der Waals surface area contributed by atoms with E-state index in [0.29, 0.717) is 18.3 Å². The second-order valence-electron chi connectivity index (χ2n) is 5.14. The molecule has 5 heteroatoms. The minimum atomic E-state index is -0.424. The molecular formula is C14H21NO4. The van der Waals surface area contributed by atoms with Gasteiger partial charge in [0.25, 0.3) is 0 Å². The first kappa shape index (κ1) is 14.1. The lowest BCUT2D eigenvalue weighted by molar-refractivity contribution is -0.0546. The monoisotopic (exact) mass is 267 g/mol. The molecular weight excluding hydrogens is 246 g/mol. The molecule has 0 aliphatic carbocycles. The van der Waals surface area contributed by atoms with Crippen molar-refractivity contribution >= 4 is 5.97 Å². The average molecular weight is 267 g/mol. The lowest BCUT2D eigenvalue weighted by Crippen LogP contribution is -2.46. The van der Waals surface area contributed by atoms with Crippen molar-refractivity contribution < 1.29 is 18.7 Å². The van der Waals surface area contributed by atoms with Gasteiger partial charge >= 0.3 is 5.97 Å². The Labute approximate surface area is 113 Å². The molecule has 106 valence electrons. The molecule has 1 aromatic heterocycles. The fourth-order valence-electron chi connectivity index (χ4n) is 2.31. The van der Waals surface area contributed by atoms with Crippen molar-refractivity contribution in [2.75, 3.05) is 20.3 Å². The van der Waals surface area contributed by atoms with E-state index in [4.69, 9.17) is 13.9 Å². The molecule has 2 unspecified atom stereocenters. The molecule has 1 saturated heterocycles. The van der Waals surface area contributed by atoms with Crippen LogP contribution in [0, 0.1) is 6.92 Å². The van der Waals surface area contributed by atoms with Gasteiger partial charge in [-0.2, -0.15) is 0 Å². The van der Waals surface area contributed by atoms with Crippen molar-refractivity contribution in [3.63, 3.8) is 0 Å². The normalized spacial score (nSPS) is 24.4. The number of carbonyl (C=O) groups excluding carboxylic acids is 1. The first-order valence-corrected chi connectivity index (χ1v) is 6.54. The lowest BCUT2D eigenvalue weighted by Gasteiger charge is -2.36. The number of aryl methyl sites for hydroxylation is 1. The minimum absolute atomic E-state index is 0.229. The van der Waals surface area contributed by atoms with E-state index in [1.54, 1.807) is 0 Å². The zero-order valence-electron chi connectivity index (χ0n) is 11.9. The summed E-state index contributed by atoms with van der Waals surface area (Å²) in [7, 11) is 1.36. The summed E-state index contributed by atoms with van der Waals surface area (Å²) in [6.07, 6.45) is 0.229. The van der Waals surface area contributed by atoms with Crippen molar-refractivity contribution in [1.29, 1.82) is 0 Å². The van der Waals surface area contributed by atoms with Crippen LogP contribution in [0.2, 0.25) is 0 Å². The summed E-state index contributed by atoms with van der Waals surface area (Å²) in [6, 6.07) is 2.25. The van der Waals surface area contributed by atoms with Gasteiger partial charge in [-0.05, 0) is 26.8 Å². The summed E-state index contributed by atoms with van der Waals surface area (Å²) in [6.45, 7) is 8.32. The first-order chi connectivity index (χ1) is 9.01. The zero-order valence-corrected chi connectivity index (χ0v) is 11.9. The molecule has 2 atom stereocenters. The maximum Gasteiger partial charge on any atom is 0.374 e. The smallest absolute Gasteiger partial charge is 0.374 e. The molecule has 1 aromatic rings. The fraction of sp³-hybridized carbons (Fsp3) is 0.643. The highest BCUT2D eigenvalue weighted by atomic mass is 16.5. The van der Waals surface area contributed by atoms with Crippen LogP contribution in [0.3, 0.4) is 0 Å². The van der Waals surface area contributed by atoms with Gasteiger partial charge in [0.05, 0.1) is 26.4 Å². The topological polar surface area (TPSA) is 51.9 Å². The predicted molar refractivity (Wildman–Crippen MR) is 70.1 cm³/mol. The highest BCUT2D eigenvalue weighted by molar-refractivity contribution is 5.87. The number of nitrogens with zero attached hydrogens (tertiary/aromatic N) is 1. The van der Waals surface area contributed by atoms with E-state index in [0.717, 1.165) is 24.5 Å². The molecule has 2 rings (SSSR count). The number of ether oxygens (including phenoxy) is 2. The maximum atomic E-state index is 11.5. The van der Waals surface area contributed by atoms with E-state index in [-0.39, 0.29) is 6.10 Å². The average Bonchev–Trinajstić information content (AvgIpc) is 2.74. The Kier molecular flexibility index (Phi) is 4.27. The number of methoxy groups -OCH3 is 1. The molecule has 0 N–H and O–H groups in total. The van der Waals surface area contributed by atoms with Crippen LogP contribution in [0.4, 0.5) is 0 Å². The third-order valence-electron chi connectivity index (χ3n) is 3.44. The van der Waals surface area contributed by atoms with Crippen molar-refractivity contribution in [1.82, 2.24) is 4.90 Å². The molecule has 0 saturated carbocycles. The Bertz CT molecular complexity index is 454. The molecule has 0 bridgehead atoms. The SMILES string of the molecule is COC(=O)c1oc(CN2CC(C)OCC2C)cc1C. The molecule has 19 heavy (non-hydrogen) atoms. The van der Waals surface area contributed by atoms with Crippen molar-refractivity contribution in [3.8, 4) is 0 Å². The molecule has 1 aliphatic heterocycles. The number of hydrogen-bond donors (Lipinski definition) is 0. The van der Waals surface area contributed by atoms with Crippen LogP contribution in [-0.2, 0) is 16.0 Å². The quantitative estimate of drug-likeness (QED) is 0.784. The zero-order chi connectivity index (χ0) is 14.0. The van der Waals surface area contributed by atoms with E-state index >= 15 is 0 Å². The molecule has 0 radical (unpaired) electrons. The number of carbonyl (C=O) groups is 1. The third-order valence-corrected chi connectivity index (χ3v) is 3.44. The second-order valence-corrected chi connectivity index (χ2v) is 5.14.